The third kappa shape index (κ3) is 13.0. The largest absolute Gasteiger partial charge is 0.331 e. The minimum Gasteiger partial charge on any atom is -0.324 e. The SMILES string of the molecule is CCCCCCCCCCCCCCCCCC(C)(CC)P(=O)(O)O. The van der Waals surface area contributed by atoms with Crippen LogP contribution in [0.15, 0.2) is 0 Å². The van der Waals surface area contributed by atoms with E-state index in [1.807, 2.05) is 6.92 Å². The molecular formula is C21H45O3P. The quantitative estimate of drug-likeness (QED) is 0.191. The zero-order valence-electron chi connectivity index (χ0n) is 17.3. The Morgan fingerprint density at radius 2 is 0.960 bits per heavy atom. The van der Waals surface area contributed by atoms with Crippen molar-refractivity contribution in [1.82, 2.24) is 0 Å². The van der Waals surface area contributed by atoms with Crippen LogP contribution in [0, 0.1) is 0 Å². The summed E-state index contributed by atoms with van der Waals surface area (Å²) in [6.07, 6.45) is 21.0. The molecule has 0 fully saturated rings. The highest BCUT2D eigenvalue weighted by Crippen LogP contribution is 2.54. The van der Waals surface area contributed by atoms with Crippen molar-refractivity contribution in [2.24, 2.45) is 0 Å². The fraction of sp³-hybridized carbons (Fsp3) is 1.00. The molecule has 0 saturated heterocycles. The first kappa shape index (κ1) is 25.1. The maximum Gasteiger partial charge on any atom is 0.331 e. The molecule has 0 rings (SSSR count). The zero-order valence-corrected chi connectivity index (χ0v) is 18.2. The van der Waals surface area contributed by atoms with Crippen LogP contribution < -0.4 is 0 Å². The van der Waals surface area contributed by atoms with E-state index < -0.39 is 12.8 Å². The van der Waals surface area contributed by atoms with Crippen LogP contribution in [0.5, 0.6) is 0 Å². The Bertz CT molecular complexity index is 340. The highest BCUT2D eigenvalue weighted by molar-refractivity contribution is 7.53. The topological polar surface area (TPSA) is 57.5 Å². The first-order chi connectivity index (χ1) is 11.9. The second kappa shape index (κ2) is 15.2. The average molecular weight is 377 g/mol. The molecule has 1 atom stereocenters. The highest BCUT2D eigenvalue weighted by Gasteiger charge is 2.39. The lowest BCUT2D eigenvalue weighted by atomic mass is 9.98. The van der Waals surface area contributed by atoms with E-state index in [1.165, 1.54) is 83.5 Å². The summed E-state index contributed by atoms with van der Waals surface area (Å²) in [6.45, 7) is 5.88. The third-order valence-corrected chi connectivity index (χ3v) is 7.73. The molecule has 4 heteroatoms. The molecule has 0 bridgehead atoms. The van der Waals surface area contributed by atoms with Gasteiger partial charge in [0.1, 0.15) is 0 Å². The van der Waals surface area contributed by atoms with Gasteiger partial charge in [0.25, 0.3) is 0 Å². The van der Waals surface area contributed by atoms with Crippen molar-refractivity contribution in [3.05, 3.63) is 0 Å². The monoisotopic (exact) mass is 376 g/mol. The molecular weight excluding hydrogens is 331 g/mol. The second-order valence-corrected chi connectivity index (χ2v) is 10.3. The maximum atomic E-state index is 11.6. The summed E-state index contributed by atoms with van der Waals surface area (Å²) in [7, 11) is -3.98. The van der Waals surface area contributed by atoms with Crippen molar-refractivity contribution < 1.29 is 14.4 Å². The van der Waals surface area contributed by atoms with E-state index in [2.05, 4.69) is 6.92 Å². The first-order valence-electron chi connectivity index (χ1n) is 10.9. The minimum atomic E-state index is -3.98. The third-order valence-electron chi connectivity index (χ3n) is 5.78. The highest BCUT2D eigenvalue weighted by atomic mass is 31.2. The lowest BCUT2D eigenvalue weighted by molar-refractivity contribution is 0.314. The lowest BCUT2D eigenvalue weighted by Gasteiger charge is -2.29. The van der Waals surface area contributed by atoms with Gasteiger partial charge in [-0.05, 0) is 19.8 Å². The van der Waals surface area contributed by atoms with Crippen molar-refractivity contribution in [2.75, 3.05) is 0 Å². The van der Waals surface area contributed by atoms with Crippen molar-refractivity contribution in [2.45, 2.75) is 135 Å². The van der Waals surface area contributed by atoms with Gasteiger partial charge in [-0.1, -0.05) is 110 Å². The Hall–Kier alpha value is 0.150. The van der Waals surface area contributed by atoms with E-state index in [1.54, 1.807) is 6.92 Å². The average Bonchev–Trinajstić information content (AvgIpc) is 2.57. The Labute approximate surface area is 157 Å². The minimum absolute atomic E-state index is 0.551. The number of rotatable bonds is 18. The smallest absolute Gasteiger partial charge is 0.324 e. The standard InChI is InChI=1S/C21H45O3P/c1-4-6-7-8-9-10-11-12-13-14-15-16-17-18-19-20-21(3,5-2)25(22,23)24/h4-20H2,1-3H3,(H2,22,23,24). The van der Waals surface area contributed by atoms with E-state index in [4.69, 9.17) is 0 Å². The van der Waals surface area contributed by atoms with Crippen LogP contribution >= 0.6 is 7.60 Å². The van der Waals surface area contributed by atoms with Gasteiger partial charge >= 0.3 is 7.60 Å². The van der Waals surface area contributed by atoms with E-state index in [0.717, 1.165) is 12.8 Å². The molecule has 152 valence electrons. The predicted molar refractivity (Wildman–Crippen MR) is 110 cm³/mol. The summed E-state index contributed by atoms with van der Waals surface area (Å²) >= 11 is 0. The van der Waals surface area contributed by atoms with Crippen LogP contribution in [0.3, 0.4) is 0 Å². The van der Waals surface area contributed by atoms with Gasteiger partial charge < -0.3 is 9.79 Å². The fourth-order valence-electron chi connectivity index (χ4n) is 3.41. The molecule has 2 N–H and O–H groups in total. The molecule has 1 unspecified atom stereocenters. The molecule has 0 aliphatic rings. The molecule has 3 nitrogen and oxygen atoms in total. The van der Waals surface area contributed by atoms with Crippen LogP contribution in [-0.2, 0) is 4.57 Å². The van der Waals surface area contributed by atoms with Crippen LogP contribution in [0.2, 0.25) is 0 Å². The molecule has 0 aliphatic heterocycles. The molecule has 0 aliphatic carbocycles. The summed E-state index contributed by atoms with van der Waals surface area (Å²) in [6, 6.07) is 0. The van der Waals surface area contributed by atoms with E-state index in [-0.39, 0.29) is 0 Å². The van der Waals surface area contributed by atoms with Gasteiger partial charge in [0.15, 0.2) is 0 Å². The van der Waals surface area contributed by atoms with Gasteiger partial charge in [0.2, 0.25) is 0 Å². The molecule has 0 saturated carbocycles. The van der Waals surface area contributed by atoms with Crippen molar-refractivity contribution in [3.8, 4) is 0 Å². The molecule has 0 heterocycles. The molecule has 0 aromatic carbocycles. The molecule has 25 heavy (non-hydrogen) atoms. The predicted octanol–water partition coefficient (Wildman–Crippen LogP) is 7.59. The molecule has 0 radical (unpaired) electrons. The van der Waals surface area contributed by atoms with Crippen LogP contribution in [0.25, 0.3) is 0 Å². The second-order valence-electron chi connectivity index (χ2n) is 8.09. The molecule has 0 amide bonds. The molecule has 0 aromatic heterocycles. The van der Waals surface area contributed by atoms with Gasteiger partial charge in [-0.2, -0.15) is 0 Å². The van der Waals surface area contributed by atoms with E-state index >= 15 is 0 Å². The zero-order chi connectivity index (χ0) is 19.0. The lowest BCUT2D eigenvalue weighted by Crippen LogP contribution is -2.23. The van der Waals surface area contributed by atoms with Crippen molar-refractivity contribution in [1.29, 1.82) is 0 Å². The number of hydrogen-bond acceptors (Lipinski definition) is 1. The maximum absolute atomic E-state index is 11.6. The van der Waals surface area contributed by atoms with Gasteiger partial charge in [-0.25, -0.2) is 0 Å². The van der Waals surface area contributed by atoms with Gasteiger partial charge in [0.05, 0.1) is 5.16 Å². The van der Waals surface area contributed by atoms with E-state index in [9.17, 15) is 14.4 Å². The van der Waals surface area contributed by atoms with Crippen molar-refractivity contribution >= 4 is 7.60 Å². The summed E-state index contributed by atoms with van der Waals surface area (Å²) in [5.41, 5.74) is 0. The summed E-state index contributed by atoms with van der Waals surface area (Å²) in [5.74, 6) is 0. The van der Waals surface area contributed by atoms with Gasteiger partial charge in [-0.15, -0.1) is 0 Å². The fourth-order valence-corrected chi connectivity index (χ4v) is 4.27. The van der Waals surface area contributed by atoms with Crippen LogP contribution in [-0.4, -0.2) is 14.9 Å². The van der Waals surface area contributed by atoms with Crippen LogP contribution in [0.1, 0.15) is 130 Å². The van der Waals surface area contributed by atoms with E-state index in [0.29, 0.717) is 12.8 Å². The van der Waals surface area contributed by atoms with Crippen molar-refractivity contribution in [3.63, 3.8) is 0 Å². The summed E-state index contributed by atoms with van der Waals surface area (Å²) in [4.78, 5) is 18.9. The number of unbranched alkanes of at least 4 members (excludes halogenated alkanes) is 14. The summed E-state index contributed by atoms with van der Waals surface area (Å²) in [5, 5.41) is -0.816. The Kier molecular flexibility index (Phi) is 15.3. The first-order valence-corrected chi connectivity index (χ1v) is 12.5. The Morgan fingerprint density at radius 1 is 0.640 bits per heavy atom. The van der Waals surface area contributed by atoms with Gasteiger partial charge in [0, 0.05) is 0 Å². The molecule has 0 spiro atoms. The normalized spacial score (nSPS) is 14.6. The Morgan fingerprint density at radius 3 is 1.24 bits per heavy atom. The van der Waals surface area contributed by atoms with Gasteiger partial charge in [-0.3, -0.25) is 4.57 Å². The number of hydrogen-bond donors (Lipinski definition) is 2. The van der Waals surface area contributed by atoms with Crippen LogP contribution in [0.4, 0.5) is 0 Å². The Balaban J connectivity index is 3.36. The summed E-state index contributed by atoms with van der Waals surface area (Å²) < 4.78 is 11.6. The molecule has 0 aromatic rings.